The Labute approximate surface area is 132 Å². The van der Waals surface area contributed by atoms with Gasteiger partial charge < -0.3 is 4.74 Å². The van der Waals surface area contributed by atoms with Gasteiger partial charge in [0.1, 0.15) is 12.4 Å². The zero-order valence-electron chi connectivity index (χ0n) is 11.2. The van der Waals surface area contributed by atoms with Crippen LogP contribution < -0.4 is 4.74 Å². The minimum absolute atomic E-state index is 0.770. The number of rotatable bonds is 7. The first kappa shape index (κ1) is 15.3. The standard InChI is InChI=1S/C15H21Br2NO/c16-9-1-3-14-4-2-10-18(14)11-12-19-15-7-5-13(17)6-8-15/h5-8,14H,1-4,9-12H2. The Morgan fingerprint density at radius 1 is 1.26 bits per heavy atom. The Bertz CT molecular complexity index is 369. The van der Waals surface area contributed by atoms with E-state index in [4.69, 9.17) is 4.74 Å². The lowest BCUT2D eigenvalue weighted by molar-refractivity contribution is 0.190. The van der Waals surface area contributed by atoms with Crippen molar-refractivity contribution in [3.63, 3.8) is 0 Å². The van der Waals surface area contributed by atoms with Crippen molar-refractivity contribution in [2.75, 3.05) is 25.0 Å². The van der Waals surface area contributed by atoms with E-state index in [1.807, 2.05) is 24.3 Å². The van der Waals surface area contributed by atoms with E-state index >= 15 is 0 Å². The molecule has 1 aromatic carbocycles. The SMILES string of the molecule is BrCCCC1CCCN1CCOc1ccc(Br)cc1. The van der Waals surface area contributed by atoms with Gasteiger partial charge in [0.15, 0.2) is 0 Å². The third-order valence-electron chi connectivity index (χ3n) is 3.63. The van der Waals surface area contributed by atoms with E-state index in [9.17, 15) is 0 Å². The van der Waals surface area contributed by atoms with Gasteiger partial charge in [-0.15, -0.1) is 0 Å². The van der Waals surface area contributed by atoms with Gasteiger partial charge in [-0.25, -0.2) is 0 Å². The molecule has 1 saturated heterocycles. The smallest absolute Gasteiger partial charge is 0.119 e. The second kappa shape index (κ2) is 8.28. The first-order valence-corrected chi connectivity index (χ1v) is 8.89. The summed E-state index contributed by atoms with van der Waals surface area (Å²) in [7, 11) is 0. The summed E-state index contributed by atoms with van der Waals surface area (Å²) in [5.41, 5.74) is 0. The van der Waals surface area contributed by atoms with Gasteiger partial charge in [-0.05, 0) is 56.5 Å². The Kier molecular flexibility index (Phi) is 6.68. The van der Waals surface area contributed by atoms with Crippen LogP contribution in [0, 0.1) is 0 Å². The average molecular weight is 391 g/mol. The van der Waals surface area contributed by atoms with E-state index in [1.54, 1.807) is 0 Å². The fourth-order valence-corrected chi connectivity index (χ4v) is 3.23. The highest BCUT2D eigenvalue weighted by molar-refractivity contribution is 9.10. The highest BCUT2D eigenvalue weighted by Crippen LogP contribution is 2.21. The number of nitrogens with zero attached hydrogens (tertiary/aromatic N) is 1. The van der Waals surface area contributed by atoms with Gasteiger partial charge in [-0.2, -0.15) is 0 Å². The molecule has 2 nitrogen and oxygen atoms in total. The molecule has 1 unspecified atom stereocenters. The minimum Gasteiger partial charge on any atom is -0.492 e. The largest absolute Gasteiger partial charge is 0.492 e. The molecule has 0 amide bonds. The van der Waals surface area contributed by atoms with Crippen molar-refractivity contribution in [3.05, 3.63) is 28.7 Å². The van der Waals surface area contributed by atoms with Gasteiger partial charge in [-0.1, -0.05) is 31.9 Å². The van der Waals surface area contributed by atoms with Crippen LogP contribution in [0.25, 0.3) is 0 Å². The van der Waals surface area contributed by atoms with Crippen molar-refractivity contribution in [3.8, 4) is 5.75 Å². The van der Waals surface area contributed by atoms with Gasteiger partial charge in [0.2, 0.25) is 0 Å². The van der Waals surface area contributed by atoms with Crippen LogP contribution in [-0.2, 0) is 0 Å². The number of hydrogen-bond donors (Lipinski definition) is 0. The zero-order chi connectivity index (χ0) is 13.5. The summed E-state index contributed by atoms with van der Waals surface area (Å²) in [6, 6.07) is 8.83. The second-order valence-corrected chi connectivity index (χ2v) is 6.67. The third kappa shape index (κ3) is 5.09. The van der Waals surface area contributed by atoms with Crippen LogP contribution in [0.15, 0.2) is 28.7 Å². The number of alkyl halides is 1. The predicted molar refractivity (Wildman–Crippen MR) is 87.3 cm³/mol. The third-order valence-corrected chi connectivity index (χ3v) is 4.72. The molecule has 1 aliphatic heterocycles. The molecular weight excluding hydrogens is 370 g/mol. The van der Waals surface area contributed by atoms with E-state index in [1.165, 1.54) is 32.2 Å². The molecule has 0 saturated carbocycles. The zero-order valence-corrected chi connectivity index (χ0v) is 14.3. The van der Waals surface area contributed by atoms with Crippen LogP contribution in [0.4, 0.5) is 0 Å². The number of hydrogen-bond acceptors (Lipinski definition) is 2. The molecule has 0 N–H and O–H groups in total. The Morgan fingerprint density at radius 2 is 2.05 bits per heavy atom. The fraction of sp³-hybridized carbons (Fsp3) is 0.600. The molecular formula is C15H21Br2NO. The lowest BCUT2D eigenvalue weighted by Gasteiger charge is -2.24. The molecule has 106 valence electrons. The summed E-state index contributed by atoms with van der Waals surface area (Å²) in [5.74, 6) is 0.958. The average Bonchev–Trinajstić information content (AvgIpc) is 2.86. The van der Waals surface area contributed by atoms with Crippen molar-refractivity contribution in [1.82, 2.24) is 4.90 Å². The minimum atomic E-state index is 0.770. The maximum absolute atomic E-state index is 5.80. The van der Waals surface area contributed by atoms with Crippen molar-refractivity contribution < 1.29 is 4.74 Å². The molecule has 0 aliphatic carbocycles. The van der Waals surface area contributed by atoms with Gasteiger partial charge in [0, 0.05) is 22.4 Å². The molecule has 1 aliphatic rings. The molecule has 0 spiro atoms. The topological polar surface area (TPSA) is 12.5 Å². The van der Waals surface area contributed by atoms with Crippen molar-refractivity contribution in [2.24, 2.45) is 0 Å². The molecule has 0 aromatic heterocycles. The van der Waals surface area contributed by atoms with Gasteiger partial charge in [-0.3, -0.25) is 4.90 Å². The first-order chi connectivity index (χ1) is 9.29. The lowest BCUT2D eigenvalue weighted by atomic mass is 10.1. The maximum Gasteiger partial charge on any atom is 0.119 e. The van der Waals surface area contributed by atoms with Crippen LogP contribution in [0.1, 0.15) is 25.7 Å². The first-order valence-electron chi connectivity index (χ1n) is 6.98. The summed E-state index contributed by atoms with van der Waals surface area (Å²) in [6.45, 7) is 3.06. The van der Waals surface area contributed by atoms with Gasteiger partial charge in [0.05, 0.1) is 0 Å². The summed E-state index contributed by atoms with van der Waals surface area (Å²) in [4.78, 5) is 2.58. The molecule has 4 heteroatoms. The molecule has 1 heterocycles. The lowest BCUT2D eigenvalue weighted by Crippen LogP contribution is -2.33. The molecule has 1 fully saturated rings. The van der Waals surface area contributed by atoms with E-state index in [2.05, 4.69) is 36.8 Å². The molecule has 1 aromatic rings. The molecule has 2 rings (SSSR count). The normalized spacial score (nSPS) is 19.8. The summed E-state index contributed by atoms with van der Waals surface area (Å²) in [6.07, 6.45) is 5.27. The van der Waals surface area contributed by atoms with Crippen molar-refractivity contribution in [2.45, 2.75) is 31.7 Å². The quantitative estimate of drug-likeness (QED) is 0.637. The summed E-state index contributed by atoms with van der Waals surface area (Å²) < 4.78 is 6.90. The monoisotopic (exact) mass is 389 g/mol. The fourth-order valence-electron chi connectivity index (χ4n) is 2.64. The Hall–Kier alpha value is -0.0600. The molecule has 0 radical (unpaired) electrons. The summed E-state index contributed by atoms with van der Waals surface area (Å²) >= 11 is 6.95. The van der Waals surface area contributed by atoms with Crippen LogP contribution in [0.3, 0.4) is 0 Å². The van der Waals surface area contributed by atoms with Crippen molar-refractivity contribution in [1.29, 1.82) is 0 Å². The number of ether oxygens (including phenoxy) is 1. The maximum atomic E-state index is 5.80. The molecule has 19 heavy (non-hydrogen) atoms. The van der Waals surface area contributed by atoms with Crippen LogP contribution in [-0.4, -0.2) is 36.0 Å². The second-order valence-electron chi connectivity index (χ2n) is 4.97. The van der Waals surface area contributed by atoms with Crippen molar-refractivity contribution >= 4 is 31.9 Å². The highest BCUT2D eigenvalue weighted by Gasteiger charge is 2.23. The summed E-state index contributed by atoms with van der Waals surface area (Å²) in [5, 5.41) is 1.12. The van der Waals surface area contributed by atoms with E-state index < -0.39 is 0 Å². The van der Waals surface area contributed by atoms with E-state index in [-0.39, 0.29) is 0 Å². The van der Waals surface area contributed by atoms with Crippen LogP contribution in [0.2, 0.25) is 0 Å². The van der Waals surface area contributed by atoms with Crippen LogP contribution in [0.5, 0.6) is 5.75 Å². The molecule has 0 bridgehead atoms. The Morgan fingerprint density at radius 3 is 2.79 bits per heavy atom. The predicted octanol–water partition coefficient (Wildman–Crippen LogP) is 4.47. The molecule has 1 atom stereocenters. The van der Waals surface area contributed by atoms with Gasteiger partial charge >= 0.3 is 0 Å². The highest BCUT2D eigenvalue weighted by atomic mass is 79.9. The number of benzene rings is 1. The van der Waals surface area contributed by atoms with Crippen LogP contribution >= 0.6 is 31.9 Å². The number of halogens is 2. The number of likely N-dealkylation sites (tertiary alicyclic amines) is 1. The van der Waals surface area contributed by atoms with E-state index in [0.29, 0.717) is 0 Å². The van der Waals surface area contributed by atoms with Gasteiger partial charge in [0.25, 0.3) is 0 Å². The van der Waals surface area contributed by atoms with E-state index in [0.717, 1.165) is 34.7 Å². The Balaban J connectivity index is 1.71.